The standard InChI is InChI=1S/C27H23ClN2O2/c1-17-7-5-12-24(18(17)2)30-27(32)21-13-14-23(28)25(15-21)29-26(31)16-20-10-6-9-19-8-3-4-11-22(19)20/h3-15H,16H2,1-2H3,(H,29,31)(H,30,32). The summed E-state index contributed by atoms with van der Waals surface area (Å²) in [4.78, 5) is 25.6. The van der Waals surface area contributed by atoms with Crippen molar-refractivity contribution < 1.29 is 9.59 Å². The summed E-state index contributed by atoms with van der Waals surface area (Å²) in [5, 5.41) is 8.28. The van der Waals surface area contributed by atoms with Crippen LogP contribution < -0.4 is 10.6 Å². The van der Waals surface area contributed by atoms with Gasteiger partial charge in [0.25, 0.3) is 5.91 Å². The van der Waals surface area contributed by atoms with Gasteiger partial charge in [-0.1, -0.05) is 66.2 Å². The summed E-state index contributed by atoms with van der Waals surface area (Å²) < 4.78 is 0. The molecule has 0 bridgehead atoms. The Morgan fingerprint density at radius 3 is 2.41 bits per heavy atom. The number of benzene rings is 4. The number of halogens is 1. The first-order valence-corrected chi connectivity index (χ1v) is 10.7. The van der Waals surface area contributed by atoms with E-state index in [0.717, 1.165) is 33.2 Å². The fourth-order valence-electron chi connectivity index (χ4n) is 3.66. The van der Waals surface area contributed by atoms with Crippen molar-refractivity contribution in [1.29, 1.82) is 0 Å². The maximum atomic E-state index is 12.8. The third kappa shape index (κ3) is 4.66. The Kier molecular flexibility index (Phi) is 6.24. The molecule has 4 aromatic rings. The lowest BCUT2D eigenvalue weighted by Gasteiger charge is -2.13. The number of hydrogen-bond acceptors (Lipinski definition) is 2. The zero-order valence-corrected chi connectivity index (χ0v) is 18.7. The highest BCUT2D eigenvalue weighted by molar-refractivity contribution is 6.34. The van der Waals surface area contributed by atoms with Gasteiger partial charge >= 0.3 is 0 Å². The summed E-state index contributed by atoms with van der Waals surface area (Å²) in [7, 11) is 0. The SMILES string of the molecule is Cc1cccc(NC(=O)c2ccc(Cl)c(NC(=O)Cc3cccc4ccccc34)c2)c1C. The Labute approximate surface area is 192 Å². The van der Waals surface area contributed by atoms with Crippen LogP contribution in [0.4, 0.5) is 11.4 Å². The van der Waals surface area contributed by atoms with Crippen LogP contribution >= 0.6 is 11.6 Å². The molecule has 2 amide bonds. The average molecular weight is 443 g/mol. The van der Waals surface area contributed by atoms with Crippen LogP contribution in [-0.4, -0.2) is 11.8 Å². The predicted molar refractivity (Wildman–Crippen MR) is 132 cm³/mol. The first-order valence-electron chi connectivity index (χ1n) is 10.4. The summed E-state index contributed by atoms with van der Waals surface area (Å²) in [6, 6.07) is 24.5. The topological polar surface area (TPSA) is 58.2 Å². The van der Waals surface area contributed by atoms with Crippen molar-refractivity contribution in [3.8, 4) is 0 Å². The Bertz CT molecular complexity index is 1330. The van der Waals surface area contributed by atoms with E-state index in [1.54, 1.807) is 18.2 Å². The Balaban J connectivity index is 1.51. The van der Waals surface area contributed by atoms with E-state index in [0.29, 0.717) is 16.3 Å². The molecular formula is C27H23ClN2O2. The molecule has 2 N–H and O–H groups in total. The van der Waals surface area contributed by atoms with Crippen molar-refractivity contribution in [3.05, 3.63) is 106 Å². The van der Waals surface area contributed by atoms with Gasteiger partial charge in [-0.15, -0.1) is 0 Å². The molecule has 0 radical (unpaired) electrons. The molecule has 0 saturated heterocycles. The first-order chi connectivity index (χ1) is 15.4. The quantitative estimate of drug-likeness (QED) is 0.368. The molecule has 4 aromatic carbocycles. The van der Waals surface area contributed by atoms with Gasteiger partial charge < -0.3 is 10.6 Å². The molecule has 0 saturated carbocycles. The van der Waals surface area contributed by atoms with Crippen molar-refractivity contribution in [2.75, 3.05) is 10.6 Å². The molecule has 5 heteroatoms. The average Bonchev–Trinajstić information content (AvgIpc) is 2.78. The van der Waals surface area contributed by atoms with Crippen molar-refractivity contribution in [1.82, 2.24) is 0 Å². The van der Waals surface area contributed by atoms with Crippen LogP contribution in [0.3, 0.4) is 0 Å². The van der Waals surface area contributed by atoms with Gasteiger partial charge in [-0.05, 0) is 65.6 Å². The van der Waals surface area contributed by atoms with E-state index in [1.165, 1.54) is 0 Å². The molecular weight excluding hydrogens is 420 g/mol. The van der Waals surface area contributed by atoms with Gasteiger partial charge in [0.05, 0.1) is 17.1 Å². The van der Waals surface area contributed by atoms with Crippen LogP contribution in [0.1, 0.15) is 27.0 Å². The van der Waals surface area contributed by atoms with Crippen molar-refractivity contribution >= 4 is 45.6 Å². The Morgan fingerprint density at radius 1 is 0.812 bits per heavy atom. The second kappa shape index (κ2) is 9.25. The van der Waals surface area contributed by atoms with Crippen LogP contribution in [0, 0.1) is 13.8 Å². The van der Waals surface area contributed by atoms with Crippen molar-refractivity contribution in [3.63, 3.8) is 0 Å². The summed E-state index contributed by atoms with van der Waals surface area (Å²) in [5.74, 6) is -0.463. The summed E-state index contributed by atoms with van der Waals surface area (Å²) in [5.41, 5.74) is 4.62. The van der Waals surface area contributed by atoms with Crippen molar-refractivity contribution in [2.24, 2.45) is 0 Å². The molecule has 0 fully saturated rings. The first kappa shape index (κ1) is 21.6. The number of amides is 2. The monoisotopic (exact) mass is 442 g/mol. The zero-order chi connectivity index (χ0) is 22.7. The fourth-order valence-corrected chi connectivity index (χ4v) is 3.82. The molecule has 0 aromatic heterocycles. The Hall–Kier alpha value is -3.63. The molecule has 4 rings (SSSR count). The van der Waals surface area contributed by atoms with Crippen LogP contribution in [0.15, 0.2) is 78.9 Å². The summed E-state index contributed by atoms with van der Waals surface area (Å²) >= 11 is 6.30. The maximum Gasteiger partial charge on any atom is 0.255 e. The number of anilines is 2. The molecule has 0 spiro atoms. The van der Waals surface area contributed by atoms with E-state index in [2.05, 4.69) is 10.6 Å². The highest BCUT2D eigenvalue weighted by Crippen LogP contribution is 2.26. The lowest BCUT2D eigenvalue weighted by atomic mass is 10.0. The summed E-state index contributed by atoms with van der Waals surface area (Å²) in [6.07, 6.45) is 0.205. The van der Waals surface area contributed by atoms with Gasteiger partial charge in [-0.3, -0.25) is 9.59 Å². The van der Waals surface area contributed by atoms with Crippen LogP contribution in [0.5, 0.6) is 0 Å². The highest BCUT2D eigenvalue weighted by atomic mass is 35.5. The molecule has 32 heavy (non-hydrogen) atoms. The smallest absolute Gasteiger partial charge is 0.255 e. The van der Waals surface area contributed by atoms with E-state index < -0.39 is 0 Å². The predicted octanol–water partition coefficient (Wildman–Crippen LogP) is 6.54. The minimum absolute atomic E-state index is 0.199. The maximum absolute atomic E-state index is 12.8. The van der Waals surface area contributed by atoms with E-state index in [9.17, 15) is 9.59 Å². The second-order valence-electron chi connectivity index (χ2n) is 7.76. The molecule has 0 heterocycles. The van der Waals surface area contributed by atoms with Gasteiger partial charge in [0.15, 0.2) is 0 Å². The fraction of sp³-hybridized carbons (Fsp3) is 0.111. The van der Waals surface area contributed by atoms with E-state index in [-0.39, 0.29) is 18.2 Å². The number of rotatable bonds is 5. The van der Waals surface area contributed by atoms with Crippen molar-refractivity contribution in [2.45, 2.75) is 20.3 Å². The minimum Gasteiger partial charge on any atom is -0.324 e. The molecule has 0 unspecified atom stereocenters. The lowest BCUT2D eigenvalue weighted by Crippen LogP contribution is -2.17. The number of nitrogens with one attached hydrogen (secondary N) is 2. The molecule has 0 aliphatic heterocycles. The van der Waals surface area contributed by atoms with Gasteiger partial charge in [0, 0.05) is 11.3 Å². The molecule has 0 atom stereocenters. The number of carbonyl (C=O) groups excluding carboxylic acids is 2. The van der Waals surface area contributed by atoms with Gasteiger partial charge in [0.1, 0.15) is 0 Å². The zero-order valence-electron chi connectivity index (χ0n) is 17.9. The second-order valence-corrected chi connectivity index (χ2v) is 8.17. The molecule has 4 nitrogen and oxygen atoms in total. The van der Waals surface area contributed by atoms with E-state index in [1.807, 2.05) is 74.5 Å². The number of fused-ring (bicyclic) bond motifs is 1. The third-order valence-corrected chi connectivity index (χ3v) is 5.92. The van der Waals surface area contributed by atoms with E-state index in [4.69, 9.17) is 11.6 Å². The van der Waals surface area contributed by atoms with Gasteiger partial charge in [-0.25, -0.2) is 0 Å². The summed E-state index contributed by atoms with van der Waals surface area (Å²) in [6.45, 7) is 3.96. The van der Waals surface area contributed by atoms with E-state index >= 15 is 0 Å². The normalized spacial score (nSPS) is 10.7. The Morgan fingerprint density at radius 2 is 1.56 bits per heavy atom. The van der Waals surface area contributed by atoms with Gasteiger partial charge in [-0.2, -0.15) is 0 Å². The highest BCUT2D eigenvalue weighted by Gasteiger charge is 2.14. The number of aryl methyl sites for hydroxylation is 1. The number of carbonyl (C=O) groups is 2. The largest absolute Gasteiger partial charge is 0.324 e. The van der Waals surface area contributed by atoms with Crippen LogP contribution in [-0.2, 0) is 11.2 Å². The lowest BCUT2D eigenvalue weighted by molar-refractivity contribution is -0.115. The van der Waals surface area contributed by atoms with Crippen LogP contribution in [0.25, 0.3) is 10.8 Å². The molecule has 0 aliphatic rings. The number of hydrogen-bond donors (Lipinski definition) is 2. The molecule has 0 aliphatic carbocycles. The minimum atomic E-state index is -0.264. The van der Waals surface area contributed by atoms with Gasteiger partial charge in [0.2, 0.25) is 5.91 Å². The molecule has 160 valence electrons. The van der Waals surface area contributed by atoms with Crippen LogP contribution in [0.2, 0.25) is 5.02 Å². The third-order valence-electron chi connectivity index (χ3n) is 5.59.